The fraction of sp³-hybridized carbons (Fsp3) is 0.778. The van der Waals surface area contributed by atoms with E-state index in [4.69, 9.17) is 10.5 Å². The van der Waals surface area contributed by atoms with Gasteiger partial charge in [0.25, 0.3) is 5.19 Å². The normalized spacial score (nSPS) is 18.4. The lowest BCUT2D eigenvalue weighted by atomic mass is 9.98. The summed E-state index contributed by atoms with van der Waals surface area (Å²) in [6.45, 7) is 0.450. The molecule has 0 saturated heterocycles. The van der Waals surface area contributed by atoms with Gasteiger partial charge in [-0.05, 0) is 25.7 Å². The molecule has 1 saturated carbocycles. The maximum absolute atomic E-state index is 5.73. The van der Waals surface area contributed by atoms with Crippen LogP contribution in [0.3, 0.4) is 0 Å². The number of aromatic nitrogens is 2. The fourth-order valence-electron chi connectivity index (χ4n) is 1.69. The molecule has 1 aliphatic carbocycles. The molecule has 2 rings (SSSR count). The molecule has 1 fully saturated rings. The molecule has 0 amide bonds. The molecule has 0 unspecified atom stereocenters. The van der Waals surface area contributed by atoms with Gasteiger partial charge in [-0.15, -0.1) is 5.10 Å². The highest BCUT2D eigenvalue weighted by atomic mass is 32.1. The highest BCUT2D eigenvalue weighted by molar-refractivity contribution is 7.13. The molecule has 1 heterocycles. The quantitative estimate of drug-likeness (QED) is 0.830. The maximum Gasteiger partial charge on any atom is 0.294 e. The number of hydrogen-bond donors (Lipinski definition) is 1. The lowest BCUT2D eigenvalue weighted by Gasteiger charge is -2.20. The van der Waals surface area contributed by atoms with Crippen molar-refractivity contribution in [3.63, 3.8) is 0 Å². The first-order valence-corrected chi connectivity index (χ1v) is 5.89. The molecular formula is C9H15N3OS. The first-order valence-electron chi connectivity index (χ1n) is 5.07. The Labute approximate surface area is 87.5 Å². The van der Waals surface area contributed by atoms with Crippen molar-refractivity contribution >= 4 is 11.3 Å². The molecule has 0 aliphatic heterocycles. The smallest absolute Gasteiger partial charge is 0.294 e. The van der Waals surface area contributed by atoms with Crippen molar-refractivity contribution in [2.45, 2.75) is 44.8 Å². The van der Waals surface area contributed by atoms with Crippen molar-refractivity contribution < 1.29 is 4.74 Å². The Morgan fingerprint density at radius 1 is 1.29 bits per heavy atom. The molecule has 14 heavy (non-hydrogen) atoms. The molecule has 0 radical (unpaired) electrons. The first kappa shape index (κ1) is 9.86. The lowest BCUT2D eigenvalue weighted by Crippen LogP contribution is -2.19. The third-order valence-corrected chi connectivity index (χ3v) is 3.28. The molecular weight excluding hydrogens is 198 g/mol. The second kappa shape index (κ2) is 4.70. The van der Waals surface area contributed by atoms with Crippen LogP contribution in [-0.4, -0.2) is 16.3 Å². The van der Waals surface area contributed by atoms with E-state index in [1.165, 1.54) is 30.6 Å². The monoisotopic (exact) mass is 213 g/mol. The van der Waals surface area contributed by atoms with Crippen LogP contribution in [-0.2, 0) is 6.54 Å². The van der Waals surface area contributed by atoms with Gasteiger partial charge in [-0.2, -0.15) is 0 Å². The minimum absolute atomic E-state index is 0.349. The minimum atomic E-state index is 0.349. The van der Waals surface area contributed by atoms with Crippen LogP contribution in [0.2, 0.25) is 0 Å². The van der Waals surface area contributed by atoms with Crippen molar-refractivity contribution in [2.24, 2.45) is 5.73 Å². The van der Waals surface area contributed by atoms with Gasteiger partial charge in [0.2, 0.25) is 0 Å². The average molecular weight is 213 g/mol. The van der Waals surface area contributed by atoms with Crippen LogP contribution in [0.5, 0.6) is 5.19 Å². The van der Waals surface area contributed by atoms with Crippen molar-refractivity contribution in [1.82, 2.24) is 10.2 Å². The fourth-order valence-corrected chi connectivity index (χ4v) is 2.33. The Hall–Kier alpha value is -0.680. The summed E-state index contributed by atoms with van der Waals surface area (Å²) < 4.78 is 5.73. The summed E-state index contributed by atoms with van der Waals surface area (Å²) in [6.07, 6.45) is 6.53. The van der Waals surface area contributed by atoms with E-state index in [1.807, 2.05) is 0 Å². The Morgan fingerprint density at radius 2 is 2.07 bits per heavy atom. The summed E-state index contributed by atoms with van der Waals surface area (Å²) in [6, 6.07) is 0. The maximum atomic E-state index is 5.73. The zero-order valence-corrected chi connectivity index (χ0v) is 8.92. The van der Waals surface area contributed by atoms with Gasteiger partial charge in [-0.3, -0.25) is 0 Å². The van der Waals surface area contributed by atoms with E-state index >= 15 is 0 Å². The first-order chi connectivity index (χ1) is 6.88. The molecule has 2 N–H and O–H groups in total. The second-order valence-corrected chi connectivity index (χ2v) is 4.57. The van der Waals surface area contributed by atoms with Crippen LogP contribution in [0.25, 0.3) is 0 Å². The number of nitrogens with two attached hydrogens (primary N) is 1. The van der Waals surface area contributed by atoms with E-state index in [-0.39, 0.29) is 0 Å². The Kier molecular flexibility index (Phi) is 3.31. The van der Waals surface area contributed by atoms with Crippen molar-refractivity contribution in [2.75, 3.05) is 0 Å². The molecule has 0 bridgehead atoms. The molecule has 4 nitrogen and oxygen atoms in total. The lowest BCUT2D eigenvalue weighted by molar-refractivity contribution is 0.153. The van der Waals surface area contributed by atoms with Gasteiger partial charge in [0.05, 0.1) is 0 Å². The summed E-state index contributed by atoms with van der Waals surface area (Å²) in [7, 11) is 0. The number of ether oxygens (including phenoxy) is 1. The average Bonchev–Trinajstić information content (AvgIpc) is 2.67. The Balaban J connectivity index is 1.89. The molecule has 0 atom stereocenters. The van der Waals surface area contributed by atoms with Crippen molar-refractivity contribution in [3.05, 3.63) is 5.01 Å². The molecule has 78 valence electrons. The Morgan fingerprint density at radius 3 is 2.71 bits per heavy atom. The van der Waals surface area contributed by atoms with E-state index < -0.39 is 0 Å². The zero-order valence-electron chi connectivity index (χ0n) is 8.11. The SMILES string of the molecule is NCc1nnc(OC2CCCCC2)s1. The predicted octanol–water partition coefficient (Wildman–Crippen LogP) is 1.71. The van der Waals surface area contributed by atoms with Gasteiger partial charge in [0, 0.05) is 6.54 Å². The summed E-state index contributed by atoms with van der Waals surface area (Å²) in [5.41, 5.74) is 5.45. The van der Waals surface area contributed by atoms with Crippen LogP contribution < -0.4 is 10.5 Å². The van der Waals surface area contributed by atoms with Gasteiger partial charge in [0.1, 0.15) is 11.1 Å². The van der Waals surface area contributed by atoms with E-state index in [0.29, 0.717) is 17.8 Å². The predicted molar refractivity (Wildman–Crippen MR) is 55.3 cm³/mol. The van der Waals surface area contributed by atoms with E-state index in [1.54, 1.807) is 0 Å². The zero-order chi connectivity index (χ0) is 9.80. The van der Waals surface area contributed by atoms with Gasteiger partial charge < -0.3 is 10.5 Å². The third kappa shape index (κ3) is 2.42. The summed E-state index contributed by atoms with van der Waals surface area (Å²) in [4.78, 5) is 0. The highest BCUT2D eigenvalue weighted by Crippen LogP contribution is 2.25. The molecule has 1 aliphatic rings. The number of rotatable bonds is 3. The van der Waals surface area contributed by atoms with Gasteiger partial charge in [0.15, 0.2) is 0 Å². The van der Waals surface area contributed by atoms with Crippen LogP contribution >= 0.6 is 11.3 Å². The van der Waals surface area contributed by atoms with E-state index in [0.717, 1.165) is 17.8 Å². The van der Waals surface area contributed by atoms with Crippen LogP contribution in [0.4, 0.5) is 0 Å². The van der Waals surface area contributed by atoms with Crippen molar-refractivity contribution in [3.8, 4) is 5.19 Å². The Bertz CT molecular complexity index is 283. The summed E-state index contributed by atoms with van der Waals surface area (Å²) >= 11 is 1.46. The van der Waals surface area contributed by atoms with E-state index in [2.05, 4.69) is 10.2 Å². The second-order valence-electron chi connectivity index (χ2n) is 3.54. The third-order valence-electron chi connectivity index (χ3n) is 2.44. The minimum Gasteiger partial charge on any atom is -0.466 e. The molecule has 1 aromatic rings. The van der Waals surface area contributed by atoms with Crippen LogP contribution in [0.15, 0.2) is 0 Å². The molecule has 1 aromatic heterocycles. The van der Waals surface area contributed by atoms with Crippen LogP contribution in [0.1, 0.15) is 37.1 Å². The topological polar surface area (TPSA) is 61.0 Å². The summed E-state index contributed by atoms with van der Waals surface area (Å²) in [5, 5.41) is 9.39. The number of nitrogens with zero attached hydrogens (tertiary/aromatic N) is 2. The standard InChI is InChI=1S/C9H15N3OS/c10-6-8-11-12-9(14-8)13-7-4-2-1-3-5-7/h7H,1-6,10H2. The largest absolute Gasteiger partial charge is 0.466 e. The summed E-state index contributed by atoms with van der Waals surface area (Å²) in [5.74, 6) is 0. The van der Waals surface area contributed by atoms with Gasteiger partial charge in [-0.1, -0.05) is 22.9 Å². The van der Waals surface area contributed by atoms with Crippen LogP contribution in [0, 0.1) is 0 Å². The molecule has 5 heteroatoms. The highest BCUT2D eigenvalue weighted by Gasteiger charge is 2.16. The van der Waals surface area contributed by atoms with Gasteiger partial charge in [-0.25, -0.2) is 0 Å². The molecule has 0 aromatic carbocycles. The van der Waals surface area contributed by atoms with E-state index in [9.17, 15) is 0 Å². The number of hydrogen-bond acceptors (Lipinski definition) is 5. The van der Waals surface area contributed by atoms with Gasteiger partial charge >= 0.3 is 0 Å². The van der Waals surface area contributed by atoms with Crippen molar-refractivity contribution in [1.29, 1.82) is 0 Å². The molecule has 0 spiro atoms.